The molecule has 5 nitrogen and oxygen atoms in total. The fourth-order valence-electron chi connectivity index (χ4n) is 1.08. The Morgan fingerprint density at radius 3 is 2.27 bits per heavy atom. The van der Waals surface area contributed by atoms with Gasteiger partial charge in [-0.3, -0.25) is 9.59 Å². The van der Waals surface area contributed by atoms with Gasteiger partial charge in [-0.25, -0.2) is 0 Å². The van der Waals surface area contributed by atoms with Crippen molar-refractivity contribution < 1.29 is 19.8 Å². The summed E-state index contributed by atoms with van der Waals surface area (Å²) in [6, 6.07) is -1.02. The smallest absolute Gasteiger partial charge is 0.320 e. The largest absolute Gasteiger partial charge is 0.481 e. The fraction of sp³-hybridized carbons (Fsp3) is 0.667. The van der Waals surface area contributed by atoms with E-state index in [-0.39, 0.29) is 5.92 Å². The van der Waals surface area contributed by atoms with E-state index >= 15 is 0 Å². The van der Waals surface area contributed by atoms with Crippen LogP contribution in [-0.2, 0) is 9.59 Å². The Morgan fingerprint density at radius 2 is 2.00 bits per heavy atom. The number of carboxylic acid groups (broad SMARTS) is 2. The Kier molecular flexibility index (Phi) is 1.82. The molecule has 4 N–H and O–H groups in total. The molecular formula is C6H9NO4. The quantitative estimate of drug-likeness (QED) is 0.496. The van der Waals surface area contributed by atoms with Crippen LogP contribution in [0, 0.1) is 11.8 Å². The molecule has 0 aliphatic heterocycles. The van der Waals surface area contributed by atoms with Crippen LogP contribution in [0.5, 0.6) is 0 Å². The van der Waals surface area contributed by atoms with Gasteiger partial charge in [0.15, 0.2) is 0 Å². The summed E-state index contributed by atoms with van der Waals surface area (Å²) in [5.74, 6) is -2.99. The summed E-state index contributed by atoms with van der Waals surface area (Å²) in [5.41, 5.74) is 5.19. The topological polar surface area (TPSA) is 101 Å². The zero-order valence-electron chi connectivity index (χ0n) is 5.73. The predicted molar refractivity (Wildman–Crippen MR) is 34.8 cm³/mol. The molecule has 0 heterocycles. The third kappa shape index (κ3) is 1.48. The average Bonchev–Trinajstić information content (AvgIpc) is 2.63. The standard InChI is InChI=1S/C6H9NO4/c7-4(6(10)11)2-1-3(2)5(8)9/h2-4H,1,7H2,(H,8,9)(H,10,11)/t2-,3+,4+/m1/s1. The zero-order valence-corrected chi connectivity index (χ0v) is 5.73. The summed E-state index contributed by atoms with van der Waals surface area (Å²) in [6.07, 6.45) is 0.392. The van der Waals surface area contributed by atoms with E-state index in [1.165, 1.54) is 0 Å². The van der Waals surface area contributed by atoms with Crippen molar-refractivity contribution in [1.29, 1.82) is 0 Å². The average molecular weight is 159 g/mol. The highest BCUT2D eigenvalue weighted by molar-refractivity contribution is 5.79. The second-order valence-electron chi connectivity index (χ2n) is 2.71. The first kappa shape index (κ1) is 8.00. The first-order chi connectivity index (χ1) is 5.04. The summed E-state index contributed by atoms with van der Waals surface area (Å²) in [4.78, 5) is 20.5. The van der Waals surface area contributed by atoms with Crippen LogP contribution in [0.1, 0.15) is 6.42 Å². The van der Waals surface area contributed by atoms with Gasteiger partial charge in [0.1, 0.15) is 6.04 Å². The van der Waals surface area contributed by atoms with Crippen molar-refractivity contribution in [3.63, 3.8) is 0 Å². The van der Waals surface area contributed by atoms with E-state index in [0.717, 1.165) is 0 Å². The van der Waals surface area contributed by atoms with E-state index in [2.05, 4.69) is 0 Å². The molecule has 5 heteroatoms. The molecule has 0 spiro atoms. The molecule has 1 fully saturated rings. The first-order valence-electron chi connectivity index (χ1n) is 3.25. The van der Waals surface area contributed by atoms with Gasteiger partial charge in [0.25, 0.3) is 0 Å². The second kappa shape index (κ2) is 2.50. The lowest BCUT2D eigenvalue weighted by Crippen LogP contribution is -2.33. The highest BCUT2D eigenvalue weighted by Crippen LogP contribution is 2.40. The number of hydrogen-bond donors (Lipinski definition) is 3. The second-order valence-corrected chi connectivity index (χ2v) is 2.71. The van der Waals surface area contributed by atoms with E-state index in [1.807, 2.05) is 0 Å². The maximum Gasteiger partial charge on any atom is 0.320 e. The van der Waals surface area contributed by atoms with E-state index in [9.17, 15) is 9.59 Å². The first-order valence-corrected chi connectivity index (χ1v) is 3.25. The highest BCUT2D eigenvalue weighted by Gasteiger charge is 2.49. The lowest BCUT2D eigenvalue weighted by atomic mass is 10.1. The number of aliphatic carboxylic acids is 2. The van der Waals surface area contributed by atoms with Crippen LogP contribution in [0.4, 0.5) is 0 Å². The van der Waals surface area contributed by atoms with Gasteiger partial charge in [0.05, 0.1) is 5.92 Å². The minimum Gasteiger partial charge on any atom is -0.481 e. The van der Waals surface area contributed by atoms with Crippen LogP contribution in [0.2, 0.25) is 0 Å². The molecule has 0 bridgehead atoms. The van der Waals surface area contributed by atoms with Crippen LogP contribution in [0.25, 0.3) is 0 Å². The van der Waals surface area contributed by atoms with Crippen molar-refractivity contribution in [2.24, 2.45) is 17.6 Å². The third-order valence-electron chi connectivity index (χ3n) is 1.90. The molecule has 1 aliphatic rings. The van der Waals surface area contributed by atoms with Gasteiger partial charge < -0.3 is 15.9 Å². The van der Waals surface area contributed by atoms with Crippen molar-refractivity contribution in [1.82, 2.24) is 0 Å². The zero-order chi connectivity index (χ0) is 8.59. The number of carboxylic acids is 2. The summed E-state index contributed by atoms with van der Waals surface area (Å²) in [6.45, 7) is 0. The van der Waals surface area contributed by atoms with Crippen molar-refractivity contribution in [3.8, 4) is 0 Å². The SMILES string of the molecule is N[C@H](C(=O)O)[C@@H]1C[C@@H]1C(=O)O. The molecule has 0 aromatic rings. The van der Waals surface area contributed by atoms with E-state index < -0.39 is 23.9 Å². The molecule has 1 aliphatic carbocycles. The van der Waals surface area contributed by atoms with Gasteiger partial charge in [-0.15, -0.1) is 0 Å². The maximum absolute atomic E-state index is 10.3. The minimum atomic E-state index is -1.13. The van der Waals surface area contributed by atoms with Crippen molar-refractivity contribution >= 4 is 11.9 Å². The van der Waals surface area contributed by atoms with Crippen LogP contribution in [0.15, 0.2) is 0 Å². The van der Waals surface area contributed by atoms with Crippen molar-refractivity contribution in [3.05, 3.63) is 0 Å². The molecule has 0 radical (unpaired) electrons. The highest BCUT2D eigenvalue weighted by atomic mass is 16.4. The summed E-state index contributed by atoms with van der Waals surface area (Å²) in [5, 5.41) is 16.8. The van der Waals surface area contributed by atoms with Crippen LogP contribution in [-0.4, -0.2) is 28.2 Å². The van der Waals surface area contributed by atoms with Crippen LogP contribution >= 0.6 is 0 Å². The Morgan fingerprint density at radius 1 is 1.45 bits per heavy atom. The number of carbonyl (C=O) groups is 2. The van der Waals surface area contributed by atoms with E-state index in [0.29, 0.717) is 6.42 Å². The van der Waals surface area contributed by atoms with Crippen molar-refractivity contribution in [2.45, 2.75) is 12.5 Å². The summed E-state index contributed by atoms with van der Waals surface area (Å²) < 4.78 is 0. The predicted octanol–water partition coefficient (Wildman–Crippen LogP) is -0.881. The van der Waals surface area contributed by atoms with E-state index in [4.69, 9.17) is 15.9 Å². The lowest BCUT2D eigenvalue weighted by molar-refractivity contribution is -0.140. The normalized spacial score (nSPS) is 31.0. The van der Waals surface area contributed by atoms with Gasteiger partial charge in [-0.2, -0.15) is 0 Å². The van der Waals surface area contributed by atoms with Gasteiger partial charge in [-0.1, -0.05) is 0 Å². The van der Waals surface area contributed by atoms with Gasteiger partial charge in [-0.05, 0) is 12.3 Å². The van der Waals surface area contributed by atoms with E-state index in [1.54, 1.807) is 0 Å². The molecule has 0 aromatic heterocycles. The lowest BCUT2D eigenvalue weighted by Gasteiger charge is -2.01. The Balaban J connectivity index is 2.43. The monoisotopic (exact) mass is 159 g/mol. The molecule has 62 valence electrons. The molecule has 3 atom stereocenters. The fourth-order valence-corrected chi connectivity index (χ4v) is 1.08. The van der Waals surface area contributed by atoms with Crippen molar-refractivity contribution in [2.75, 3.05) is 0 Å². The Bertz CT molecular complexity index is 203. The van der Waals surface area contributed by atoms with Gasteiger partial charge in [0.2, 0.25) is 0 Å². The molecule has 1 saturated carbocycles. The molecule has 11 heavy (non-hydrogen) atoms. The molecule has 1 rings (SSSR count). The number of hydrogen-bond acceptors (Lipinski definition) is 3. The maximum atomic E-state index is 10.3. The van der Waals surface area contributed by atoms with Gasteiger partial charge >= 0.3 is 11.9 Å². The minimum absolute atomic E-state index is 0.370. The van der Waals surface area contributed by atoms with Crippen LogP contribution < -0.4 is 5.73 Å². The molecule has 0 amide bonds. The number of nitrogens with two attached hydrogens (primary N) is 1. The molecule has 0 saturated heterocycles. The number of rotatable bonds is 3. The van der Waals surface area contributed by atoms with Gasteiger partial charge in [0, 0.05) is 0 Å². The molecule has 0 unspecified atom stereocenters. The Hall–Kier alpha value is -1.10. The molecular weight excluding hydrogens is 150 g/mol. The third-order valence-corrected chi connectivity index (χ3v) is 1.90. The summed E-state index contributed by atoms with van der Waals surface area (Å²) in [7, 11) is 0. The Labute approximate surface area is 62.8 Å². The molecule has 0 aromatic carbocycles. The van der Waals surface area contributed by atoms with Crippen LogP contribution in [0.3, 0.4) is 0 Å². The summed E-state index contributed by atoms with van der Waals surface area (Å²) >= 11 is 0.